The normalized spacial score (nSPS) is 12.7. The highest BCUT2D eigenvalue weighted by molar-refractivity contribution is 7.10. The van der Waals surface area contributed by atoms with Crippen LogP contribution in [0, 0.1) is 0 Å². The molecule has 0 aromatic carbocycles. The molecule has 0 spiro atoms. The first-order valence-corrected chi connectivity index (χ1v) is 5.39. The van der Waals surface area contributed by atoms with Crippen molar-refractivity contribution < 1.29 is 5.11 Å². The van der Waals surface area contributed by atoms with Crippen LogP contribution in [-0.2, 0) is 0 Å². The maximum atomic E-state index is 9.39. The molecule has 0 unspecified atom stereocenters. The van der Waals surface area contributed by atoms with Crippen molar-refractivity contribution in [2.24, 2.45) is 0 Å². The highest BCUT2D eigenvalue weighted by atomic mass is 32.1. The van der Waals surface area contributed by atoms with Crippen molar-refractivity contribution in [2.75, 3.05) is 5.73 Å². The van der Waals surface area contributed by atoms with Gasteiger partial charge in [0, 0.05) is 22.8 Å². The molecule has 2 aromatic heterocycles. The van der Waals surface area contributed by atoms with Crippen molar-refractivity contribution in [3.05, 3.63) is 28.7 Å². The van der Waals surface area contributed by atoms with Crippen LogP contribution in [0.4, 0.5) is 5.95 Å². The van der Waals surface area contributed by atoms with Crippen molar-refractivity contribution in [3.63, 3.8) is 0 Å². The Morgan fingerprint density at radius 3 is 2.53 bits per heavy atom. The lowest BCUT2D eigenvalue weighted by atomic mass is 10.1. The van der Waals surface area contributed by atoms with E-state index in [2.05, 4.69) is 9.97 Å². The van der Waals surface area contributed by atoms with Gasteiger partial charge in [-0.25, -0.2) is 9.97 Å². The van der Waals surface area contributed by atoms with Crippen LogP contribution in [-0.4, -0.2) is 15.1 Å². The van der Waals surface area contributed by atoms with Gasteiger partial charge < -0.3 is 10.8 Å². The molecule has 0 bridgehead atoms. The Balaban J connectivity index is 2.33. The van der Waals surface area contributed by atoms with Gasteiger partial charge in [0.2, 0.25) is 5.95 Å². The van der Waals surface area contributed by atoms with Gasteiger partial charge in [0.15, 0.2) is 0 Å². The Kier molecular flexibility index (Phi) is 2.66. The molecule has 2 heterocycles. The van der Waals surface area contributed by atoms with Gasteiger partial charge in [0.05, 0.1) is 6.10 Å². The van der Waals surface area contributed by atoms with Crippen LogP contribution >= 0.6 is 11.3 Å². The van der Waals surface area contributed by atoms with Crippen LogP contribution in [0.5, 0.6) is 0 Å². The highest BCUT2D eigenvalue weighted by Gasteiger charge is 2.06. The van der Waals surface area contributed by atoms with Gasteiger partial charge in [-0.2, -0.15) is 0 Å². The highest BCUT2D eigenvalue weighted by Crippen LogP contribution is 2.28. The number of hydrogen-bond acceptors (Lipinski definition) is 5. The second-order valence-corrected chi connectivity index (χ2v) is 4.19. The van der Waals surface area contributed by atoms with Crippen molar-refractivity contribution in [1.82, 2.24) is 9.97 Å². The lowest BCUT2D eigenvalue weighted by Gasteiger charge is -1.98. The molecule has 2 aromatic rings. The number of anilines is 1. The molecule has 78 valence electrons. The van der Waals surface area contributed by atoms with E-state index in [0.717, 1.165) is 16.0 Å². The largest absolute Gasteiger partial charge is 0.388 e. The molecular formula is C10H11N3OS. The molecule has 0 aliphatic carbocycles. The fourth-order valence-corrected chi connectivity index (χ4v) is 2.07. The van der Waals surface area contributed by atoms with E-state index in [0.29, 0.717) is 0 Å². The summed E-state index contributed by atoms with van der Waals surface area (Å²) in [4.78, 5) is 8.77. The summed E-state index contributed by atoms with van der Waals surface area (Å²) in [5.74, 6) is 0.268. The molecule has 5 heteroatoms. The molecule has 3 N–H and O–H groups in total. The van der Waals surface area contributed by atoms with Crippen LogP contribution in [0.3, 0.4) is 0 Å². The molecule has 0 fully saturated rings. The van der Waals surface area contributed by atoms with E-state index in [1.165, 1.54) is 11.3 Å². The number of aliphatic hydroxyl groups is 1. The average molecular weight is 221 g/mol. The van der Waals surface area contributed by atoms with Gasteiger partial charge in [0.25, 0.3) is 0 Å². The summed E-state index contributed by atoms with van der Waals surface area (Å²) in [6.45, 7) is 1.75. The van der Waals surface area contributed by atoms with Crippen LogP contribution in [0.1, 0.15) is 17.9 Å². The number of aliphatic hydroxyl groups excluding tert-OH is 1. The molecule has 2 rings (SSSR count). The third kappa shape index (κ3) is 2.14. The van der Waals surface area contributed by atoms with Crippen LogP contribution < -0.4 is 5.73 Å². The molecular weight excluding hydrogens is 210 g/mol. The number of aromatic nitrogens is 2. The smallest absolute Gasteiger partial charge is 0.219 e. The predicted octanol–water partition coefficient (Wildman–Crippen LogP) is 1.84. The minimum Gasteiger partial charge on any atom is -0.388 e. The predicted molar refractivity (Wildman–Crippen MR) is 60.4 cm³/mol. The monoisotopic (exact) mass is 221 g/mol. The third-order valence-corrected chi connectivity index (χ3v) is 3.14. The molecule has 0 aliphatic rings. The minimum atomic E-state index is -0.432. The van der Waals surface area contributed by atoms with Crippen molar-refractivity contribution >= 4 is 17.3 Å². The summed E-state index contributed by atoms with van der Waals surface area (Å²) < 4.78 is 0. The summed E-state index contributed by atoms with van der Waals surface area (Å²) >= 11 is 1.52. The van der Waals surface area contributed by atoms with E-state index in [1.807, 2.05) is 11.4 Å². The van der Waals surface area contributed by atoms with Gasteiger partial charge in [-0.05, 0) is 23.9 Å². The summed E-state index contributed by atoms with van der Waals surface area (Å²) in [6, 6.07) is 1.93. The van der Waals surface area contributed by atoms with E-state index >= 15 is 0 Å². The van der Waals surface area contributed by atoms with Gasteiger partial charge in [-0.15, -0.1) is 11.3 Å². The molecule has 0 amide bonds. The first kappa shape index (κ1) is 10.1. The second kappa shape index (κ2) is 3.96. The average Bonchev–Trinajstić information content (AvgIpc) is 2.68. The standard InChI is InChI=1S/C10H11N3OS/c1-6(14)9-2-7(5-15-9)8-3-12-10(11)13-4-8/h2-6,14H,1H3,(H2,11,12,13)/t6-/m0/s1. The third-order valence-electron chi connectivity index (χ3n) is 2.04. The molecule has 0 radical (unpaired) electrons. The fraction of sp³-hybridized carbons (Fsp3) is 0.200. The van der Waals surface area contributed by atoms with Gasteiger partial charge in [-0.1, -0.05) is 0 Å². The van der Waals surface area contributed by atoms with E-state index in [-0.39, 0.29) is 5.95 Å². The summed E-state index contributed by atoms with van der Waals surface area (Å²) in [5.41, 5.74) is 7.32. The zero-order valence-electron chi connectivity index (χ0n) is 8.21. The van der Waals surface area contributed by atoms with Gasteiger partial charge >= 0.3 is 0 Å². The number of nitrogen functional groups attached to an aromatic ring is 1. The lowest BCUT2D eigenvalue weighted by molar-refractivity contribution is 0.203. The Hall–Kier alpha value is -1.46. The number of nitrogens with zero attached hydrogens (tertiary/aromatic N) is 2. The summed E-state index contributed by atoms with van der Waals surface area (Å²) in [7, 11) is 0. The number of nitrogens with two attached hydrogens (primary N) is 1. The number of rotatable bonds is 2. The molecule has 0 aliphatic heterocycles. The van der Waals surface area contributed by atoms with Crippen molar-refractivity contribution in [2.45, 2.75) is 13.0 Å². The van der Waals surface area contributed by atoms with Crippen molar-refractivity contribution in [3.8, 4) is 11.1 Å². The van der Waals surface area contributed by atoms with E-state index in [9.17, 15) is 5.11 Å². The first-order chi connectivity index (χ1) is 7.16. The minimum absolute atomic E-state index is 0.268. The molecule has 1 atom stereocenters. The van der Waals surface area contributed by atoms with E-state index in [4.69, 9.17) is 5.73 Å². The zero-order valence-corrected chi connectivity index (χ0v) is 9.03. The maximum Gasteiger partial charge on any atom is 0.219 e. The van der Waals surface area contributed by atoms with E-state index in [1.54, 1.807) is 19.3 Å². The molecule has 15 heavy (non-hydrogen) atoms. The lowest BCUT2D eigenvalue weighted by Crippen LogP contribution is -1.93. The summed E-state index contributed by atoms with van der Waals surface area (Å²) in [5, 5.41) is 11.4. The first-order valence-electron chi connectivity index (χ1n) is 4.51. The second-order valence-electron chi connectivity index (χ2n) is 3.24. The van der Waals surface area contributed by atoms with Crippen LogP contribution in [0.2, 0.25) is 0 Å². The van der Waals surface area contributed by atoms with Crippen molar-refractivity contribution in [1.29, 1.82) is 0 Å². The molecule has 4 nitrogen and oxygen atoms in total. The molecule has 0 saturated heterocycles. The summed E-state index contributed by atoms with van der Waals surface area (Å²) in [6.07, 6.45) is 2.92. The Morgan fingerprint density at radius 1 is 1.33 bits per heavy atom. The fourth-order valence-electron chi connectivity index (χ4n) is 1.21. The topological polar surface area (TPSA) is 72.0 Å². The van der Waals surface area contributed by atoms with Crippen LogP contribution in [0.25, 0.3) is 11.1 Å². The van der Waals surface area contributed by atoms with E-state index < -0.39 is 6.10 Å². The Morgan fingerprint density at radius 2 is 2.00 bits per heavy atom. The Labute approximate surface area is 91.4 Å². The Bertz CT molecular complexity index is 450. The number of hydrogen-bond donors (Lipinski definition) is 2. The molecule has 0 saturated carbocycles. The van der Waals surface area contributed by atoms with Crippen LogP contribution in [0.15, 0.2) is 23.8 Å². The maximum absolute atomic E-state index is 9.39. The zero-order chi connectivity index (χ0) is 10.8. The SMILES string of the molecule is C[C@H](O)c1cc(-c2cnc(N)nc2)cs1. The van der Waals surface area contributed by atoms with Gasteiger partial charge in [-0.3, -0.25) is 0 Å². The number of thiophene rings is 1. The quantitative estimate of drug-likeness (QED) is 0.811. The van der Waals surface area contributed by atoms with Gasteiger partial charge in [0.1, 0.15) is 0 Å².